The average molecular weight is 177 g/mol. The van der Waals surface area contributed by atoms with Crippen molar-refractivity contribution < 1.29 is 0 Å². The van der Waals surface area contributed by atoms with Gasteiger partial charge in [-0.1, -0.05) is 0 Å². The van der Waals surface area contributed by atoms with Gasteiger partial charge in [0.1, 0.15) is 0 Å². The highest BCUT2D eigenvalue weighted by Crippen LogP contribution is 2.09. The Morgan fingerprint density at radius 1 is 1.62 bits per heavy atom. The van der Waals surface area contributed by atoms with E-state index in [1.165, 1.54) is 0 Å². The van der Waals surface area contributed by atoms with E-state index in [9.17, 15) is 0 Å². The Kier molecular flexibility index (Phi) is 1.86. The second kappa shape index (κ2) is 3.02. The van der Waals surface area contributed by atoms with E-state index in [0.29, 0.717) is 17.9 Å². The molecule has 0 saturated heterocycles. The lowest BCUT2D eigenvalue weighted by molar-refractivity contribution is 0.752. The van der Waals surface area contributed by atoms with Crippen molar-refractivity contribution >= 4 is 11.3 Å². The van der Waals surface area contributed by atoms with Crippen molar-refractivity contribution in [3.8, 4) is 0 Å². The van der Waals surface area contributed by atoms with Crippen LogP contribution < -0.4 is 11.1 Å². The molecule has 2 aromatic rings. The lowest BCUT2D eigenvalue weighted by Gasteiger charge is -1.92. The minimum Gasteiger partial charge on any atom is -0.396 e. The Labute approximate surface area is 75.6 Å². The van der Waals surface area contributed by atoms with E-state index in [4.69, 9.17) is 5.73 Å². The molecule has 0 aliphatic heterocycles. The lowest BCUT2D eigenvalue weighted by Crippen LogP contribution is -2.06. The zero-order valence-corrected chi connectivity index (χ0v) is 7.36. The van der Waals surface area contributed by atoms with Gasteiger partial charge in [0.05, 0.1) is 12.2 Å². The molecule has 0 saturated carbocycles. The summed E-state index contributed by atoms with van der Waals surface area (Å²) in [6.45, 7) is 0.654. The number of aromatic nitrogens is 3. The van der Waals surface area contributed by atoms with Gasteiger partial charge in [0.25, 0.3) is 0 Å². The van der Waals surface area contributed by atoms with E-state index in [2.05, 4.69) is 15.4 Å². The van der Waals surface area contributed by atoms with Crippen LogP contribution in [-0.4, -0.2) is 21.6 Å². The van der Waals surface area contributed by atoms with Gasteiger partial charge in [0, 0.05) is 6.20 Å². The normalized spacial score (nSPS) is 10.8. The van der Waals surface area contributed by atoms with Crippen molar-refractivity contribution in [3.05, 3.63) is 24.2 Å². The number of anilines is 1. The van der Waals surface area contributed by atoms with Crippen LogP contribution in [0, 0.1) is 0 Å². The molecule has 2 aromatic heterocycles. The number of nitrogens with zero attached hydrogens (tertiary/aromatic N) is 3. The minimum atomic E-state index is 0.650. The Bertz CT molecular complexity index is 419. The first-order valence-electron chi connectivity index (χ1n) is 4.05. The van der Waals surface area contributed by atoms with Crippen molar-refractivity contribution in [1.82, 2.24) is 19.9 Å². The van der Waals surface area contributed by atoms with Gasteiger partial charge in [-0.25, -0.2) is 9.50 Å². The van der Waals surface area contributed by atoms with Crippen LogP contribution in [0.15, 0.2) is 18.3 Å². The number of nitrogen functional groups attached to an aromatic ring is 1. The highest BCUT2D eigenvalue weighted by atomic mass is 15.3. The highest BCUT2D eigenvalue weighted by molar-refractivity contribution is 5.63. The van der Waals surface area contributed by atoms with E-state index in [-0.39, 0.29) is 0 Å². The molecule has 68 valence electrons. The third-order valence-corrected chi connectivity index (χ3v) is 1.77. The van der Waals surface area contributed by atoms with Crippen LogP contribution in [0.4, 0.5) is 5.69 Å². The van der Waals surface area contributed by atoms with Crippen LogP contribution in [0.5, 0.6) is 0 Å². The van der Waals surface area contributed by atoms with Gasteiger partial charge in [-0.05, 0) is 19.2 Å². The van der Waals surface area contributed by atoms with Crippen molar-refractivity contribution in [2.45, 2.75) is 6.54 Å². The van der Waals surface area contributed by atoms with Gasteiger partial charge in [0.2, 0.25) is 0 Å². The molecule has 0 aromatic carbocycles. The van der Waals surface area contributed by atoms with Crippen LogP contribution in [0.25, 0.3) is 5.65 Å². The largest absolute Gasteiger partial charge is 0.396 e. The molecule has 13 heavy (non-hydrogen) atoms. The second-order valence-electron chi connectivity index (χ2n) is 2.79. The Morgan fingerprint density at radius 2 is 2.46 bits per heavy atom. The van der Waals surface area contributed by atoms with E-state index in [0.717, 1.165) is 5.82 Å². The van der Waals surface area contributed by atoms with Gasteiger partial charge in [0.15, 0.2) is 11.5 Å². The Balaban J connectivity index is 2.55. The number of nitrogens with two attached hydrogens (primary N) is 1. The zero-order valence-electron chi connectivity index (χ0n) is 7.36. The van der Waals surface area contributed by atoms with Crippen LogP contribution in [0.3, 0.4) is 0 Å². The van der Waals surface area contributed by atoms with Gasteiger partial charge >= 0.3 is 0 Å². The molecule has 5 heteroatoms. The summed E-state index contributed by atoms with van der Waals surface area (Å²) in [5.74, 6) is 0.750. The molecule has 0 fully saturated rings. The number of pyridine rings is 1. The number of hydrogen-bond donors (Lipinski definition) is 2. The number of rotatable bonds is 2. The summed E-state index contributed by atoms with van der Waals surface area (Å²) in [4.78, 5) is 4.27. The number of hydrogen-bond acceptors (Lipinski definition) is 4. The van der Waals surface area contributed by atoms with Crippen LogP contribution >= 0.6 is 0 Å². The van der Waals surface area contributed by atoms with Crippen molar-refractivity contribution in [3.63, 3.8) is 0 Å². The Morgan fingerprint density at radius 3 is 3.15 bits per heavy atom. The SMILES string of the molecule is CNCc1nc2c(N)cccn2n1. The molecule has 0 atom stereocenters. The topological polar surface area (TPSA) is 68.2 Å². The second-order valence-corrected chi connectivity index (χ2v) is 2.79. The van der Waals surface area contributed by atoms with Crippen molar-refractivity contribution in [2.75, 3.05) is 12.8 Å². The summed E-state index contributed by atoms with van der Waals surface area (Å²) >= 11 is 0. The van der Waals surface area contributed by atoms with E-state index in [1.54, 1.807) is 4.52 Å². The third-order valence-electron chi connectivity index (χ3n) is 1.77. The molecule has 0 bridgehead atoms. The third kappa shape index (κ3) is 1.33. The maximum absolute atomic E-state index is 5.72. The first-order chi connectivity index (χ1) is 6.31. The summed E-state index contributed by atoms with van der Waals surface area (Å²) in [7, 11) is 1.86. The van der Waals surface area contributed by atoms with Crippen LogP contribution in [0.1, 0.15) is 5.82 Å². The van der Waals surface area contributed by atoms with E-state index in [1.807, 2.05) is 25.4 Å². The lowest BCUT2D eigenvalue weighted by atomic mass is 10.4. The first-order valence-corrected chi connectivity index (χ1v) is 4.05. The summed E-state index contributed by atoms with van der Waals surface area (Å²) in [5, 5.41) is 7.21. The number of nitrogens with one attached hydrogen (secondary N) is 1. The maximum atomic E-state index is 5.72. The molecule has 2 rings (SSSR count). The van der Waals surface area contributed by atoms with Crippen LogP contribution in [-0.2, 0) is 6.54 Å². The van der Waals surface area contributed by atoms with Crippen molar-refractivity contribution in [2.24, 2.45) is 0 Å². The quantitative estimate of drug-likeness (QED) is 0.679. The van der Waals surface area contributed by atoms with Crippen LogP contribution in [0.2, 0.25) is 0 Å². The predicted octanol–water partition coefficient (Wildman–Crippen LogP) is 0.0309. The highest BCUT2D eigenvalue weighted by Gasteiger charge is 2.03. The predicted molar refractivity (Wildman–Crippen MR) is 50.2 cm³/mol. The number of fused-ring (bicyclic) bond motifs is 1. The molecule has 0 aliphatic carbocycles. The van der Waals surface area contributed by atoms with Gasteiger partial charge < -0.3 is 11.1 Å². The fraction of sp³-hybridized carbons (Fsp3) is 0.250. The molecule has 0 unspecified atom stereocenters. The van der Waals surface area contributed by atoms with Crippen molar-refractivity contribution in [1.29, 1.82) is 0 Å². The fourth-order valence-electron chi connectivity index (χ4n) is 1.20. The van der Waals surface area contributed by atoms with E-state index < -0.39 is 0 Å². The zero-order chi connectivity index (χ0) is 9.26. The summed E-state index contributed by atoms with van der Waals surface area (Å²) < 4.78 is 1.68. The van der Waals surface area contributed by atoms with Gasteiger partial charge in [-0.3, -0.25) is 0 Å². The molecule has 0 spiro atoms. The summed E-state index contributed by atoms with van der Waals surface area (Å²) in [6.07, 6.45) is 1.83. The van der Waals surface area contributed by atoms with E-state index >= 15 is 0 Å². The molecule has 2 heterocycles. The molecule has 5 nitrogen and oxygen atoms in total. The van der Waals surface area contributed by atoms with Gasteiger partial charge in [-0.15, -0.1) is 5.10 Å². The molecule has 0 amide bonds. The monoisotopic (exact) mass is 177 g/mol. The molecular weight excluding hydrogens is 166 g/mol. The smallest absolute Gasteiger partial charge is 0.178 e. The maximum Gasteiger partial charge on any atom is 0.178 e. The summed E-state index contributed by atoms with van der Waals surface area (Å²) in [6, 6.07) is 3.66. The Hall–Kier alpha value is -1.62. The molecule has 0 aliphatic rings. The molecule has 3 N–H and O–H groups in total. The van der Waals surface area contributed by atoms with Gasteiger partial charge in [-0.2, -0.15) is 0 Å². The first kappa shape index (κ1) is 8.00. The minimum absolute atomic E-state index is 0.650. The standard InChI is InChI=1S/C8H11N5/c1-10-5-7-11-8-6(9)3-2-4-13(8)12-7/h2-4,10H,5,9H2,1H3. The summed E-state index contributed by atoms with van der Waals surface area (Å²) in [5.41, 5.74) is 7.09. The molecule has 0 radical (unpaired) electrons. The average Bonchev–Trinajstić information content (AvgIpc) is 2.49. The molecular formula is C8H11N5. The fourth-order valence-corrected chi connectivity index (χ4v) is 1.20.